The van der Waals surface area contributed by atoms with E-state index < -0.39 is 0 Å². The van der Waals surface area contributed by atoms with Gasteiger partial charge in [-0.3, -0.25) is 9.69 Å². The topological polar surface area (TPSA) is 44.4 Å². The third kappa shape index (κ3) is 1.84. The van der Waals surface area contributed by atoms with Crippen LogP contribution in [0.1, 0.15) is 12.8 Å². The molecule has 1 aliphatic heterocycles. The number of amides is 1. The highest BCUT2D eigenvalue weighted by Crippen LogP contribution is 2.29. The molecule has 1 heterocycles. The summed E-state index contributed by atoms with van der Waals surface area (Å²) in [5.74, 6) is 0.188. The first-order valence-corrected chi connectivity index (χ1v) is 5.01. The fourth-order valence-corrected chi connectivity index (χ4v) is 1.98. The highest BCUT2D eigenvalue weighted by Gasteiger charge is 2.38. The first kappa shape index (κ1) is 8.97. The lowest BCUT2D eigenvalue weighted by atomic mass is 10.1. The van der Waals surface area contributed by atoms with Crippen LogP contribution in [0.3, 0.4) is 0 Å². The Morgan fingerprint density at radius 1 is 1.62 bits per heavy atom. The minimum atomic E-state index is 0.0613. The molecule has 4 nitrogen and oxygen atoms in total. The Bertz CT molecular complexity index is 203. The fraction of sp³-hybridized carbons (Fsp3) is 0.889. The molecule has 2 aliphatic rings. The molecule has 1 atom stereocenters. The normalized spacial score (nSPS) is 30.2. The van der Waals surface area contributed by atoms with E-state index in [0.717, 1.165) is 19.6 Å². The first-order valence-electron chi connectivity index (χ1n) is 5.01. The van der Waals surface area contributed by atoms with Gasteiger partial charge in [0, 0.05) is 25.7 Å². The van der Waals surface area contributed by atoms with Crippen molar-refractivity contribution in [3.63, 3.8) is 0 Å². The van der Waals surface area contributed by atoms with Gasteiger partial charge in [-0.25, -0.2) is 0 Å². The molecule has 0 radical (unpaired) electrons. The van der Waals surface area contributed by atoms with E-state index in [4.69, 9.17) is 0 Å². The standard InChI is InChI=1S/C9H17N3O/c1-10-6-8-9(13)11-4-5-12(8)7-2-3-7/h7-8,10H,2-6H2,1H3,(H,11,13). The van der Waals surface area contributed by atoms with Gasteiger partial charge in [-0.05, 0) is 19.9 Å². The van der Waals surface area contributed by atoms with E-state index in [1.807, 2.05) is 7.05 Å². The summed E-state index contributed by atoms with van der Waals surface area (Å²) in [6.07, 6.45) is 2.54. The second-order valence-corrected chi connectivity index (χ2v) is 3.83. The highest BCUT2D eigenvalue weighted by atomic mass is 16.2. The molecule has 2 rings (SSSR count). The van der Waals surface area contributed by atoms with E-state index in [9.17, 15) is 4.79 Å². The Kier molecular flexibility index (Phi) is 2.51. The Morgan fingerprint density at radius 2 is 2.38 bits per heavy atom. The van der Waals surface area contributed by atoms with Crippen LogP contribution in [-0.4, -0.2) is 49.6 Å². The summed E-state index contributed by atoms with van der Waals surface area (Å²) in [7, 11) is 1.90. The Labute approximate surface area is 78.7 Å². The van der Waals surface area contributed by atoms with Crippen LogP contribution in [0.25, 0.3) is 0 Å². The molecular weight excluding hydrogens is 166 g/mol. The summed E-state index contributed by atoms with van der Waals surface area (Å²) >= 11 is 0. The predicted octanol–water partition coefficient (Wildman–Crippen LogP) is -0.831. The van der Waals surface area contributed by atoms with Gasteiger partial charge in [-0.15, -0.1) is 0 Å². The fourth-order valence-electron chi connectivity index (χ4n) is 1.98. The number of likely N-dealkylation sites (N-methyl/N-ethyl adjacent to an activating group) is 1. The lowest BCUT2D eigenvalue weighted by molar-refractivity contribution is -0.129. The second kappa shape index (κ2) is 3.64. The van der Waals surface area contributed by atoms with Crippen LogP contribution in [0.15, 0.2) is 0 Å². The molecule has 0 aromatic heterocycles. The lowest BCUT2D eigenvalue weighted by Gasteiger charge is -2.34. The zero-order valence-corrected chi connectivity index (χ0v) is 8.05. The Balaban J connectivity index is 1.99. The van der Waals surface area contributed by atoms with E-state index in [0.29, 0.717) is 6.04 Å². The molecule has 2 N–H and O–H groups in total. The van der Waals surface area contributed by atoms with Crippen molar-refractivity contribution in [1.29, 1.82) is 0 Å². The summed E-state index contributed by atoms with van der Waals surface area (Å²) in [5, 5.41) is 5.99. The molecule has 4 heteroatoms. The largest absolute Gasteiger partial charge is 0.353 e. The van der Waals surface area contributed by atoms with Crippen molar-refractivity contribution in [3.05, 3.63) is 0 Å². The lowest BCUT2D eigenvalue weighted by Crippen LogP contribution is -2.59. The summed E-state index contributed by atoms with van der Waals surface area (Å²) < 4.78 is 0. The zero-order valence-electron chi connectivity index (χ0n) is 8.05. The van der Waals surface area contributed by atoms with E-state index in [1.54, 1.807) is 0 Å². The maximum absolute atomic E-state index is 11.5. The molecule has 1 unspecified atom stereocenters. The predicted molar refractivity (Wildman–Crippen MR) is 50.5 cm³/mol. The van der Waals surface area contributed by atoms with Gasteiger partial charge in [0.2, 0.25) is 5.91 Å². The molecule has 2 fully saturated rings. The van der Waals surface area contributed by atoms with Gasteiger partial charge in [-0.2, -0.15) is 0 Å². The van der Waals surface area contributed by atoms with Crippen LogP contribution in [0.5, 0.6) is 0 Å². The molecule has 1 saturated heterocycles. The van der Waals surface area contributed by atoms with E-state index >= 15 is 0 Å². The van der Waals surface area contributed by atoms with Crippen molar-refractivity contribution in [1.82, 2.24) is 15.5 Å². The van der Waals surface area contributed by atoms with Gasteiger partial charge in [0.05, 0.1) is 0 Å². The molecule has 0 aromatic rings. The van der Waals surface area contributed by atoms with Crippen molar-refractivity contribution < 1.29 is 4.79 Å². The molecular formula is C9H17N3O. The average Bonchev–Trinajstić information content (AvgIpc) is 2.92. The third-order valence-corrected chi connectivity index (χ3v) is 2.79. The molecule has 0 spiro atoms. The number of nitrogens with one attached hydrogen (secondary N) is 2. The van der Waals surface area contributed by atoms with Gasteiger partial charge in [-0.1, -0.05) is 0 Å². The first-order chi connectivity index (χ1) is 6.33. The van der Waals surface area contributed by atoms with E-state index in [-0.39, 0.29) is 11.9 Å². The van der Waals surface area contributed by atoms with Crippen molar-refractivity contribution in [2.45, 2.75) is 24.9 Å². The van der Waals surface area contributed by atoms with Crippen molar-refractivity contribution in [3.8, 4) is 0 Å². The number of hydrogen-bond donors (Lipinski definition) is 2. The minimum absolute atomic E-state index is 0.0613. The molecule has 13 heavy (non-hydrogen) atoms. The van der Waals surface area contributed by atoms with Crippen LogP contribution in [-0.2, 0) is 4.79 Å². The van der Waals surface area contributed by atoms with Crippen LogP contribution in [0.4, 0.5) is 0 Å². The zero-order chi connectivity index (χ0) is 9.26. The maximum atomic E-state index is 11.5. The monoisotopic (exact) mass is 183 g/mol. The van der Waals surface area contributed by atoms with Gasteiger partial charge in [0.15, 0.2) is 0 Å². The number of carbonyl (C=O) groups is 1. The van der Waals surface area contributed by atoms with Crippen LogP contribution in [0.2, 0.25) is 0 Å². The smallest absolute Gasteiger partial charge is 0.238 e. The second-order valence-electron chi connectivity index (χ2n) is 3.83. The molecule has 0 aromatic carbocycles. The van der Waals surface area contributed by atoms with Gasteiger partial charge < -0.3 is 10.6 Å². The van der Waals surface area contributed by atoms with Crippen LogP contribution < -0.4 is 10.6 Å². The summed E-state index contributed by atoms with van der Waals surface area (Å²) in [6.45, 7) is 2.60. The van der Waals surface area contributed by atoms with Gasteiger partial charge >= 0.3 is 0 Å². The number of carbonyl (C=O) groups excluding carboxylic acids is 1. The quantitative estimate of drug-likeness (QED) is 0.600. The van der Waals surface area contributed by atoms with Crippen molar-refractivity contribution in [2.75, 3.05) is 26.7 Å². The highest BCUT2D eigenvalue weighted by molar-refractivity contribution is 5.82. The Hall–Kier alpha value is -0.610. The average molecular weight is 183 g/mol. The Morgan fingerprint density at radius 3 is 3.00 bits per heavy atom. The molecule has 1 saturated carbocycles. The minimum Gasteiger partial charge on any atom is -0.353 e. The van der Waals surface area contributed by atoms with Gasteiger partial charge in [0.25, 0.3) is 0 Å². The van der Waals surface area contributed by atoms with Crippen LogP contribution >= 0.6 is 0 Å². The number of hydrogen-bond acceptors (Lipinski definition) is 3. The summed E-state index contributed by atoms with van der Waals surface area (Å²) in [6, 6.07) is 0.746. The van der Waals surface area contributed by atoms with Crippen molar-refractivity contribution in [2.24, 2.45) is 0 Å². The third-order valence-electron chi connectivity index (χ3n) is 2.79. The molecule has 1 amide bonds. The van der Waals surface area contributed by atoms with E-state index in [2.05, 4.69) is 15.5 Å². The SMILES string of the molecule is CNCC1C(=O)NCCN1C1CC1. The molecule has 1 aliphatic carbocycles. The van der Waals surface area contributed by atoms with Crippen LogP contribution in [0, 0.1) is 0 Å². The maximum Gasteiger partial charge on any atom is 0.238 e. The summed E-state index contributed by atoms with van der Waals surface area (Å²) in [5.41, 5.74) is 0. The molecule has 74 valence electrons. The summed E-state index contributed by atoms with van der Waals surface area (Å²) in [4.78, 5) is 13.9. The number of nitrogens with zero attached hydrogens (tertiary/aromatic N) is 1. The van der Waals surface area contributed by atoms with Crippen molar-refractivity contribution >= 4 is 5.91 Å². The van der Waals surface area contributed by atoms with Gasteiger partial charge in [0.1, 0.15) is 6.04 Å². The number of rotatable bonds is 3. The van der Waals surface area contributed by atoms with E-state index in [1.165, 1.54) is 12.8 Å². The number of piperazine rings is 1. The molecule has 0 bridgehead atoms.